The molecule has 1 amide bonds. The van der Waals surface area contributed by atoms with E-state index in [1.807, 2.05) is 20.8 Å². The van der Waals surface area contributed by atoms with Gasteiger partial charge in [-0.3, -0.25) is 9.89 Å². The molecule has 0 radical (unpaired) electrons. The number of rotatable bonds is 5. The molecular weight excluding hydrogens is 236 g/mol. The Hall–Kier alpha value is -1.47. The van der Waals surface area contributed by atoms with Crippen molar-refractivity contribution in [3.05, 3.63) is 11.6 Å². The number of methoxy groups -OCH3 is 1. The Kier molecular flexibility index (Phi) is 4.80. The van der Waals surface area contributed by atoms with Gasteiger partial charge < -0.3 is 15.2 Å². The van der Waals surface area contributed by atoms with E-state index in [0.717, 1.165) is 0 Å². The van der Waals surface area contributed by atoms with Crippen LogP contribution < -0.4 is 5.32 Å². The molecule has 7 heteroatoms. The van der Waals surface area contributed by atoms with Gasteiger partial charge in [-0.25, -0.2) is 4.98 Å². The third kappa shape index (κ3) is 4.08. The SMILES string of the molecule is COCC(O)CNC(=O)c1n[nH]c(C(C)(C)C)n1. The van der Waals surface area contributed by atoms with E-state index in [0.29, 0.717) is 5.82 Å². The summed E-state index contributed by atoms with van der Waals surface area (Å²) in [7, 11) is 1.48. The Morgan fingerprint density at radius 2 is 2.22 bits per heavy atom. The van der Waals surface area contributed by atoms with Crippen LogP contribution in [0, 0.1) is 0 Å². The molecule has 0 aliphatic carbocycles. The van der Waals surface area contributed by atoms with Crippen molar-refractivity contribution in [2.75, 3.05) is 20.3 Å². The van der Waals surface area contributed by atoms with E-state index in [9.17, 15) is 9.90 Å². The normalized spacial score (nSPS) is 13.4. The van der Waals surface area contributed by atoms with Gasteiger partial charge in [0.15, 0.2) is 0 Å². The third-order valence-corrected chi connectivity index (χ3v) is 2.26. The lowest BCUT2D eigenvalue weighted by molar-refractivity contribution is 0.0607. The van der Waals surface area contributed by atoms with Crippen molar-refractivity contribution in [3.8, 4) is 0 Å². The van der Waals surface area contributed by atoms with Gasteiger partial charge in [0.2, 0.25) is 5.82 Å². The molecule has 1 aromatic rings. The van der Waals surface area contributed by atoms with Gasteiger partial charge in [0, 0.05) is 19.1 Å². The molecule has 0 aromatic carbocycles. The van der Waals surface area contributed by atoms with Crippen LogP contribution in [0.1, 0.15) is 37.2 Å². The molecule has 0 saturated heterocycles. The second kappa shape index (κ2) is 5.92. The lowest BCUT2D eigenvalue weighted by Gasteiger charge is -2.12. The van der Waals surface area contributed by atoms with E-state index in [-0.39, 0.29) is 24.4 Å². The maximum atomic E-state index is 11.7. The van der Waals surface area contributed by atoms with Gasteiger partial charge in [-0.1, -0.05) is 20.8 Å². The largest absolute Gasteiger partial charge is 0.389 e. The topological polar surface area (TPSA) is 100 Å². The second-order valence-corrected chi connectivity index (χ2v) is 5.08. The fourth-order valence-corrected chi connectivity index (χ4v) is 1.24. The van der Waals surface area contributed by atoms with Crippen LogP contribution in [0.2, 0.25) is 0 Å². The van der Waals surface area contributed by atoms with Gasteiger partial charge in [-0.05, 0) is 0 Å². The van der Waals surface area contributed by atoms with Gasteiger partial charge in [-0.2, -0.15) is 0 Å². The maximum Gasteiger partial charge on any atom is 0.291 e. The van der Waals surface area contributed by atoms with Crippen molar-refractivity contribution in [2.45, 2.75) is 32.3 Å². The fraction of sp³-hybridized carbons (Fsp3) is 0.727. The summed E-state index contributed by atoms with van der Waals surface area (Å²) in [5, 5.41) is 18.5. The van der Waals surface area contributed by atoms with Crippen LogP contribution >= 0.6 is 0 Å². The molecule has 3 N–H and O–H groups in total. The van der Waals surface area contributed by atoms with Gasteiger partial charge in [-0.15, -0.1) is 5.10 Å². The minimum absolute atomic E-state index is 0.0736. The average molecular weight is 256 g/mol. The minimum Gasteiger partial charge on any atom is -0.389 e. The lowest BCUT2D eigenvalue weighted by atomic mass is 9.96. The fourth-order valence-electron chi connectivity index (χ4n) is 1.24. The van der Waals surface area contributed by atoms with E-state index in [1.54, 1.807) is 0 Å². The molecule has 0 spiro atoms. The van der Waals surface area contributed by atoms with E-state index in [2.05, 4.69) is 20.5 Å². The van der Waals surface area contributed by atoms with Crippen LogP contribution in [-0.2, 0) is 10.2 Å². The predicted octanol–water partition coefficient (Wildman–Crippen LogP) is -0.161. The van der Waals surface area contributed by atoms with Crippen molar-refractivity contribution in [2.24, 2.45) is 0 Å². The molecular formula is C11H20N4O3. The summed E-state index contributed by atoms with van der Waals surface area (Å²) in [6.07, 6.45) is -0.736. The van der Waals surface area contributed by atoms with E-state index < -0.39 is 12.0 Å². The number of carbonyl (C=O) groups excluding carboxylic acids is 1. The summed E-state index contributed by atoms with van der Waals surface area (Å²) in [6, 6.07) is 0. The number of nitrogens with one attached hydrogen (secondary N) is 2. The first kappa shape index (κ1) is 14.6. The first-order valence-electron chi connectivity index (χ1n) is 5.72. The Balaban J connectivity index is 2.55. The number of carbonyl (C=O) groups is 1. The highest BCUT2D eigenvalue weighted by atomic mass is 16.5. The van der Waals surface area contributed by atoms with Crippen molar-refractivity contribution in [1.82, 2.24) is 20.5 Å². The number of aliphatic hydroxyl groups is 1. The standard InChI is InChI=1S/C11H20N4O3/c1-11(2,3)10-13-8(14-15-10)9(17)12-5-7(16)6-18-4/h7,16H,5-6H2,1-4H3,(H,12,17)(H,13,14,15). The zero-order chi connectivity index (χ0) is 13.8. The molecule has 102 valence electrons. The van der Waals surface area contributed by atoms with Crippen molar-refractivity contribution in [1.29, 1.82) is 0 Å². The number of nitrogens with zero attached hydrogens (tertiary/aromatic N) is 2. The minimum atomic E-state index is -0.736. The number of aromatic nitrogens is 3. The molecule has 0 saturated carbocycles. The molecule has 1 unspecified atom stereocenters. The highest BCUT2D eigenvalue weighted by Gasteiger charge is 2.21. The van der Waals surface area contributed by atoms with Crippen molar-refractivity contribution < 1.29 is 14.6 Å². The Morgan fingerprint density at radius 3 is 2.72 bits per heavy atom. The number of aromatic amines is 1. The summed E-state index contributed by atoms with van der Waals surface area (Å²) >= 11 is 0. The summed E-state index contributed by atoms with van der Waals surface area (Å²) < 4.78 is 4.75. The van der Waals surface area contributed by atoms with Crippen LogP contribution in [0.25, 0.3) is 0 Å². The number of hydrogen-bond acceptors (Lipinski definition) is 5. The first-order valence-corrected chi connectivity index (χ1v) is 5.72. The van der Waals surface area contributed by atoms with Gasteiger partial charge in [0.25, 0.3) is 5.91 Å². The first-order chi connectivity index (χ1) is 8.34. The molecule has 1 rings (SSSR count). The molecule has 7 nitrogen and oxygen atoms in total. The zero-order valence-electron chi connectivity index (χ0n) is 11.1. The smallest absolute Gasteiger partial charge is 0.291 e. The zero-order valence-corrected chi connectivity index (χ0v) is 11.1. The van der Waals surface area contributed by atoms with Gasteiger partial charge in [0.1, 0.15) is 5.82 Å². The van der Waals surface area contributed by atoms with E-state index in [1.165, 1.54) is 7.11 Å². The molecule has 18 heavy (non-hydrogen) atoms. The number of hydrogen-bond donors (Lipinski definition) is 3. The van der Waals surface area contributed by atoms with E-state index >= 15 is 0 Å². The average Bonchev–Trinajstić information content (AvgIpc) is 2.75. The van der Waals surface area contributed by atoms with Gasteiger partial charge >= 0.3 is 0 Å². The van der Waals surface area contributed by atoms with Gasteiger partial charge in [0.05, 0.1) is 12.7 Å². The van der Waals surface area contributed by atoms with Crippen LogP contribution in [0.3, 0.4) is 0 Å². The Morgan fingerprint density at radius 1 is 1.56 bits per heavy atom. The molecule has 1 atom stereocenters. The number of ether oxygens (including phenoxy) is 1. The van der Waals surface area contributed by atoms with Crippen LogP contribution in [0.15, 0.2) is 0 Å². The number of H-pyrrole nitrogens is 1. The summed E-state index contributed by atoms with van der Waals surface area (Å²) in [5.74, 6) is 0.298. The third-order valence-electron chi connectivity index (χ3n) is 2.26. The van der Waals surface area contributed by atoms with Crippen molar-refractivity contribution in [3.63, 3.8) is 0 Å². The molecule has 0 bridgehead atoms. The number of aliphatic hydroxyl groups excluding tert-OH is 1. The molecule has 0 aliphatic heterocycles. The van der Waals surface area contributed by atoms with Crippen molar-refractivity contribution >= 4 is 5.91 Å². The summed E-state index contributed by atoms with van der Waals surface area (Å²) in [4.78, 5) is 15.8. The highest BCUT2D eigenvalue weighted by molar-refractivity contribution is 5.90. The lowest BCUT2D eigenvalue weighted by Crippen LogP contribution is -2.34. The molecule has 0 aliphatic rings. The van der Waals surface area contributed by atoms with Crippen LogP contribution in [-0.4, -0.2) is 52.6 Å². The quantitative estimate of drug-likeness (QED) is 0.679. The maximum absolute atomic E-state index is 11.7. The van der Waals surface area contributed by atoms with Crippen LogP contribution in [0.4, 0.5) is 0 Å². The predicted molar refractivity (Wildman–Crippen MR) is 65.3 cm³/mol. The van der Waals surface area contributed by atoms with E-state index in [4.69, 9.17) is 4.74 Å². The Bertz CT molecular complexity index is 397. The summed E-state index contributed by atoms with van der Waals surface area (Å²) in [5.41, 5.74) is -0.193. The number of amides is 1. The highest BCUT2D eigenvalue weighted by Crippen LogP contribution is 2.17. The molecule has 0 fully saturated rings. The Labute approximate surface area is 106 Å². The van der Waals surface area contributed by atoms with Crippen LogP contribution in [0.5, 0.6) is 0 Å². The summed E-state index contributed by atoms with van der Waals surface area (Å²) in [6.45, 7) is 6.18. The second-order valence-electron chi connectivity index (χ2n) is 5.08. The molecule has 1 aromatic heterocycles. The monoisotopic (exact) mass is 256 g/mol. The molecule has 1 heterocycles.